The third-order valence-corrected chi connectivity index (χ3v) is 4.93. The van der Waals surface area contributed by atoms with Gasteiger partial charge in [0.05, 0.1) is 28.6 Å². The molecule has 0 bridgehead atoms. The van der Waals surface area contributed by atoms with Crippen LogP contribution in [0.1, 0.15) is 19.8 Å². The van der Waals surface area contributed by atoms with Gasteiger partial charge in [-0.1, -0.05) is 6.92 Å². The van der Waals surface area contributed by atoms with Gasteiger partial charge in [-0.2, -0.15) is 0 Å². The van der Waals surface area contributed by atoms with Crippen molar-refractivity contribution >= 4 is 27.2 Å². The number of pyridine rings is 1. The van der Waals surface area contributed by atoms with Crippen LogP contribution in [0.25, 0.3) is 0 Å². The topological polar surface area (TPSA) is 114 Å². The van der Waals surface area contributed by atoms with Gasteiger partial charge in [0, 0.05) is 12.6 Å². The Bertz CT molecular complexity index is 632. The highest BCUT2D eigenvalue weighted by Crippen LogP contribution is 2.23. The van der Waals surface area contributed by atoms with Crippen molar-refractivity contribution < 1.29 is 13.3 Å². The van der Waals surface area contributed by atoms with E-state index >= 15 is 0 Å². The molecule has 116 valence electrons. The Hall–Kier alpha value is -1.90. The lowest BCUT2D eigenvalue weighted by molar-refractivity contribution is -0.384. The predicted molar refractivity (Wildman–Crippen MR) is 80.4 cm³/mol. The predicted octanol–water partition coefficient (Wildman–Crippen LogP) is 1.41. The monoisotopic (exact) mass is 314 g/mol. The van der Waals surface area contributed by atoms with Crippen LogP contribution in [0.2, 0.25) is 0 Å². The maximum Gasteiger partial charge on any atom is 0.276 e. The lowest BCUT2D eigenvalue weighted by Crippen LogP contribution is -2.21. The van der Waals surface area contributed by atoms with Crippen molar-refractivity contribution in [3.8, 4) is 0 Å². The number of hydrogen-bond acceptors (Lipinski definition) is 7. The van der Waals surface area contributed by atoms with Gasteiger partial charge in [0.2, 0.25) is 0 Å². The highest BCUT2D eigenvalue weighted by atomic mass is 32.2. The van der Waals surface area contributed by atoms with Gasteiger partial charge in [-0.25, -0.2) is 13.4 Å². The van der Waals surface area contributed by atoms with Crippen molar-refractivity contribution in [1.29, 1.82) is 0 Å². The standard InChI is InChI=1S/C12H18N4O4S/c1-2-4-13-11-6-10(16(17)18)7-12(15-11)14-9-3-5-21(19,20)8-9/h6-7,9H,2-5,8H2,1H3,(H2,13,14,15). The molecule has 2 heterocycles. The number of nitro groups is 1. The third kappa shape index (κ3) is 4.28. The minimum Gasteiger partial charge on any atom is -0.370 e. The smallest absolute Gasteiger partial charge is 0.276 e. The molecule has 1 unspecified atom stereocenters. The molecule has 1 aliphatic heterocycles. The second kappa shape index (κ2) is 6.25. The highest BCUT2D eigenvalue weighted by Gasteiger charge is 2.28. The number of aromatic nitrogens is 1. The maximum atomic E-state index is 11.4. The van der Waals surface area contributed by atoms with Crippen molar-refractivity contribution in [3.63, 3.8) is 0 Å². The van der Waals surface area contributed by atoms with Crippen molar-refractivity contribution in [2.75, 3.05) is 28.7 Å². The number of sulfone groups is 1. The highest BCUT2D eigenvalue weighted by molar-refractivity contribution is 7.91. The Morgan fingerprint density at radius 1 is 1.43 bits per heavy atom. The summed E-state index contributed by atoms with van der Waals surface area (Å²) in [6.07, 6.45) is 1.36. The summed E-state index contributed by atoms with van der Waals surface area (Å²) < 4.78 is 22.9. The van der Waals surface area contributed by atoms with E-state index in [-0.39, 0.29) is 23.2 Å². The molecule has 0 amide bonds. The van der Waals surface area contributed by atoms with E-state index in [2.05, 4.69) is 15.6 Å². The largest absolute Gasteiger partial charge is 0.370 e. The Kier molecular flexibility index (Phi) is 4.61. The molecule has 0 radical (unpaired) electrons. The van der Waals surface area contributed by atoms with E-state index in [1.807, 2.05) is 6.92 Å². The van der Waals surface area contributed by atoms with E-state index in [1.165, 1.54) is 12.1 Å². The molecule has 0 aromatic carbocycles. The Morgan fingerprint density at radius 3 is 2.71 bits per heavy atom. The van der Waals surface area contributed by atoms with Gasteiger partial charge in [0.1, 0.15) is 11.6 Å². The molecule has 0 spiro atoms. The van der Waals surface area contributed by atoms with E-state index in [0.29, 0.717) is 24.6 Å². The zero-order valence-corrected chi connectivity index (χ0v) is 12.5. The van der Waals surface area contributed by atoms with Crippen molar-refractivity contribution in [1.82, 2.24) is 4.98 Å². The van der Waals surface area contributed by atoms with Crippen LogP contribution in [-0.2, 0) is 9.84 Å². The fourth-order valence-electron chi connectivity index (χ4n) is 2.16. The van der Waals surface area contributed by atoms with Gasteiger partial charge in [-0.15, -0.1) is 0 Å². The summed E-state index contributed by atoms with van der Waals surface area (Å²) in [4.78, 5) is 14.7. The molecule has 1 aliphatic rings. The number of anilines is 2. The number of rotatable bonds is 6. The van der Waals surface area contributed by atoms with Crippen LogP contribution >= 0.6 is 0 Å². The molecular weight excluding hydrogens is 296 g/mol. The van der Waals surface area contributed by atoms with E-state index in [4.69, 9.17) is 0 Å². The molecular formula is C12H18N4O4S. The first-order valence-electron chi connectivity index (χ1n) is 6.77. The number of nitrogens with one attached hydrogen (secondary N) is 2. The minimum atomic E-state index is -3.01. The van der Waals surface area contributed by atoms with Crippen LogP contribution in [0.4, 0.5) is 17.3 Å². The van der Waals surface area contributed by atoms with E-state index in [1.54, 1.807) is 0 Å². The number of nitrogens with zero attached hydrogens (tertiary/aromatic N) is 2. The lowest BCUT2D eigenvalue weighted by Gasteiger charge is -2.13. The van der Waals surface area contributed by atoms with Crippen molar-refractivity contribution in [2.24, 2.45) is 0 Å². The molecule has 0 aliphatic carbocycles. The first-order valence-corrected chi connectivity index (χ1v) is 8.59. The minimum absolute atomic E-state index is 0.0368. The average Bonchev–Trinajstić information content (AvgIpc) is 2.75. The second-order valence-electron chi connectivity index (χ2n) is 5.02. The van der Waals surface area contributed by atoms with Crippen LogP contribution in [0.3, 0.4) is 0 Å². The van der Waals surface area contributed by atoms with Gasteiger partial charge in [-0.05, 0) is 12.8 Å². The molecule has 1 atom stereocenters. The van der Waals surface area contributed by atoms with Crippen LogP contribution in [-0.4, -0.2) is 42.4 Å². The summed E-state index contributed by atoms with van der Waals surface area (Å²) in [5, 5.41) is 16.9. The van der Waals surface area contributed by atoms with Crippen molar-refractivity contribution in [2.45, 2.75) is 25.8 Å². The SMILES string of the molecule is CCCNc1cc([N+](=O)[O-])cc(NC2CCS(=O)(=O)C2)n1. The third-order valence-electron chi connectivity index (χ3n) is 3.16. The van der Waals surface area contributed by atoms with Gasteiger partial charge in [0.25, 0.3) is 5.69 Å². The zero-order valence-electron chi connectivity index (χ0n) is 11.7. The molecule has 9 heteroatoms. The molecule has 2 N–H and O–H groups in total. The molecule has 2 rings (SSSR count). The first-order chi connectivity index (χ1) is 9.89. The van der Waals surface area contributed by atoms with Crippen LogP contribution in [0.15, 0.2) is 12.1 Å². The summed E-state index contributed by atoms with van der Waals surface area (Å²) in [5.74, 6) is 0.912. The molecule has 1 aromatic heterocycles. The maximum absolute atomic E-state index is 11.4. The summed E-state index contributed by atoms with van der Waals surface area (Å²) in [5.41, 5.74) is -0.0769. The fraction of sp³-hybridized carbons (Fsp3) is 0.583. The Morgan fingerprint density at radius 2 is 2.14 bits per heavy atom. The number of hydrogen-bond donors (Lipinski definition) is 2. The quantitative estimate of drug-likeness (QED) is 0.602. The molecule has 1 fully saturated rings. The average molecular weight is 314 g/mol. The second-order valence-corrected chi connectivity index (χ2v) is 7.25. The normalized spacial score (nSPS) is 20.1. The van der Waals surface area contributed by atoms with E-state index in [9.17, 15) is 18.5 Å². The van der Waals surface area contributed by atoms with Crippen LogP contribution < -0.4 is 10.6 Å². The molecule has 1 aromatic rings. The summed E-state index contributed by atoms with van der Waals surface area (Å²) in [6.45, 7) is 2.64. The summed E-state index contributed by atoms with van der Waals surface area (Å²) >= 11 is 0. The molecule has 21 heavy (non-hydrogen) atoms. The molecule has 0 saturated carbocycles. The summed E-state index contributed by atoms with van der Waals surface area (Å²) in [7, 11) is -3.01. The Labute approximate surface area is 123 Å². The van der Waals surface area contributed by atoms with Crippen molar-refractivity contribution in [3.05, 3.63) is 22.2 Å². The van der Waals surface area contributed by atoms with E-state index in [0.717, 1.165) is 6.42 Å². The summed E-state index contributed by atoms with van der Waals surface area (Å²) in [6, 6.07) is 2.44. The van der Waals surface area contributed by atoms with Gasteiger partial charge in [0.15, 0.2) is 9.84 Å². The molecule has 1 saturated heterocycles. The first kappa shape index (κ1) is 15.5. The lowest BCUT2D eigenvalue weighted by atomic mass is 10.2. The molecule has 8 nitrogen and oxygen atoms in total. The van der Waals surface area contributed by atoms with Gasteiger partial charge in [-0.3, -0.25) is 10.1 Å². The zero-order chi connectivity index (χ0) is 15.5. The fourth-order valence-corrected chi connectivity index (χ4v) is 3.83. The van der Waals surface area contributed by atoms with Gasteiger partial charge >= 0.3 is 0 Å². The van der Waals surface area contributed by atoms with E-state index < -0.39 is 14.8 Å². The van der Waals surface area contributed by atoms with Crippen LogP contribution in [0, 0.1) is 10.1 Å². The Balaban J connectivity index is 2.17. The van der Waals surface area contributed by atoms with Crippen LogP contribution in [0.5, 0.6) is 0 Å². The van der Waals surface area contributed by atoms with Gasteiger partial charge < -0.3 is 10.6 Å².